The standard InChI is InChI=1S/C16H21N3/c1-4-19(15-8-5-13(2)6-9-15)12-14-7-10-16(17-3)18-11-14/h5-11H,4,12H2,1-3H3,(H,17,18). The number of nitrogens with zero attached hydrogens (tertiary/aromatic N) is 2. The molecule has 1 N–H and O–H groups in total. The Hall–Kier alpha value is -2.03. The number of benzene rings is 1. The van der Waals surface area contributed by atoms with E-state index in [2.05, 4.69) is 59.4 Å². The van der Waals surface area contributed by atoms with Gasteiger partial charge in [0, 0.05) is 32.0 Å². The third-order valence-electron chi connectivity index (χ3n) is 3.24. The zero-order valence-corrected chi connectivity index (χ0v) is 11.9. The molecule has 1 heterocycles. The predicted octanol–water partition coefficient (Wildman–Crippen LogP) is 3.46. The number of anilines is 2. The number of aryl methyl sites for hydroxylation is 1. The van der Waals surface area contributed by atoms with Crippen LogP contribution in [-0.4, -0.2) is 18.6 Å². The summed E-state index contributed by atoms with van der Waals surface area (Å²) in [6, 6.07) is 12.8. The number of hydrogen-bond donors (Lipinski definition) is 1. The van der Waals surface area contributed by atoms with Gasteiger partial charge in [-0.2, -0.15) is 0 Å². The molecule has 2 aromatic rings. The van der Waals surface area contributed by atoms with Crippen LogP contribution in [0.3, 0.4) is 0 Å². The molecule has 100 valence electrons. The molecule has 0 bridgehead atoms. The van der Waals surface area contributed by atoms with Gasteiger partial charge in [-0.25, -0.2) is 4.98 Å². The first kappa shape index (κ1) is 13.4. The molecule has 1 aromatic heterocycles. The second-order valence-electron chi connectivity index (χ2n) is 4.65. The van der Waals surface area contributed by atoms with Crippen molar-refractivity contribution in [3.05, 3.63) is 53.7 Å². The smallest absolute Gasteiger partial charge is 0.125 e. The molecule has 3 nitrogen and oxygen atoms in total. The van der Waals surface area contributed by atoms with Crippen LogP contribution in [0.5, 0.6) is 0 Å². The van der Waals surface area contributed by atoms with Crippen molar-refractivity contribution in [1.29, 1.82) is 0 Å². The summed E-state index contributed by atoms with van der Waals surface area (Å²) in [5.74, 6) is 0.905. The Morgan fingerprint density at radius 2 is 1.84 bits per heavy atom. The summed E-state index contributed by atoms with van der Waals surface area (Å²) in [5.41, 5.74) is 3.77. The van der Waals surface area contributed by atoms with E-state index >= 15 is 0 Å². The summed E-state index contributed by atoms with van der Waals surface area (Å²) >= 11 is 0. The predicted molar refractivity (Wildman–Crippen MR) is 81.7 cm³/mol. The van der Waals surface area contributed by atoms with Crippen molar-refractivity contribution in [2.45, 2.75) is 20.4 Å². The third-order valence-corrected chi connectivity index (χ3v) is 3.24. The normalized spacial score (nSPS) is 10.3. The van der Waals surface area contributed by atoms with Crippen LogP contribution >= 0.6 is 0 Å². The van der Waals surface area contributed by atoms with Crippen molar-refractivity contribution < 1.29 is 0 Å². The lowest BCUT2D eigenvalue weighted by Gasteiger charge is -2.23. The molecule has 0 unspecified atom stereocenters. The number of rotatable bonds is 5. The zero-order valence-electron chi connectivity index (χ0n) is 11.9. The van der Waals surface area contributed by atoms with Crippen molar-refractivity contribution in [2.75, 3.05) is 23.8 Å². The van der Waals surface area contributed by atoms with Gasteiger partial charge in [-0.15, -0.1) is 0 Å². The minimum atomic E-state index is 0.885. The summed E-state index contributed by atoms with van der Waals surface area (Å²) in [4.78, 5) is 6.70. The Kier molecular flexibility index (Phi) is 4.39. The molecule has 0 aliphatic heterocycles. The highest BCUT2D eigenvalue weighted by atomic mass is 15.1. The fraction of sp³-hybridized carbons (Fsp3) is 0.312. The number of hydrogen-bond acceptors (Lipinski definition) is 3. The van der Waals surface area contributed by atoms with Gasteiger partial charge in [-0.3, -0.25) is 0 Å². The monoisotopic (exact) mass is 255 g/mol. The summed E-state index contributed by atoms with van der Waals surface area (Å²) in [5, 5.41) is 3.03. The number of aromatic nitrogens is 1. The lowest BCUT2D eigenvalue weighted by atomic mass is 10.2. The molecule has 2 rings (SSSR count). The van der Waals surface area contributed by atoms with Crippen LogP contribution < -0.4 is 10.2 Å². The first-order valence-electron chi connectivity index (χ1n) is 6.67. The average Bonchev–Trinajstić information content (AvgIpc) is 2.46. The van der Waals surface area contributed by atoms with Crippen molar-refractivity contribution in [3.8, 4) is 0 Å². The first-order chi connectivity index (χ1) is 9.22. The van der Waals surface area contributed by atoms with Crippen molar-refractivity contribution in [3.63, 3.8) is 0 Å². The van der Waals surface area contributed by atoms with Crippen molar-refractivity contribution in [2.24, 2.45) is 0 Å². The topological polar surface area (TPSA) is 28.2 Å². The molecule has 0 amide bonds. The molecule has 1 aromatic carbocycles. The van der Waals surface area contributed by atoms with Gasteiger partial charge in [0.25, 0.3) is 0 Å². The fourth-order valence-corrected chi connectivity index (χ4v) is 2.03. The van der Waals surface area contributed by atoms with Gasteiger partial charge in [0.1, 0.15) is 5.82 Å². The zero-order chi connectivity index (χ0) is 13.7. The minimum Gasteiger partial charge on any atom is -0.373 e. The molecule has 0 atom stereocenters. The highest BCUT2D eigenvalue weighted by molar-refractivity contribution is 5.48. The van der Waals surface area contributed by atoms with E-state index in [4.69, 9.17) is 0 Å². The van der Waals surface area contributed by atoms with E-state index in [0.717, 1.165) is 18.9 Å². The third kappa shape index (κ3) is 3.47. The van der Waals surface area contributed by atoms with E-state index < -0.39 is 0 Å². The van der Waals surface area contributed by atoms with Gasteiger partial charge < -0.3 is 10.2 Å². The van der Waals surface area contributed by atoms with Crippen LogP contribution in [0.15, 0.2) is 42.6 Å². The summed E-state index contributed by atoms with van der Waals surface area (Å²) in [6.07, 6.45) is 1.93. The average molecular weight is 255 g/mol. The van der Waals surface area contributed by atoms with Gasteiger partial charge in [-0.1, -0.05) is 23.8 Å². The van der Waals surface area contributed by atoms with Gasteiger partial charge in [0.15, 0.2) is 0 Å². The highest BCUT2D eigenvalue weighted by Crippen LogP contribution is 2.18. The Morgan fingerprint density at radius 3 is 2.37 bits per heavy atom. The maximum Gasteiger partial charge on any atom is 0.125 e. The molecule has 0 aliphatic rings. The second-order valence-corrected chi connectivity index (χ2v) is 4.65. The lowest BCUT2D eigenvalue weighted by molar-refractivity contribution is 0.828. The maximum absolute atomic E-state index is 4.35. The summed E-state index contributed by atoms with van der Waals surface area (Å²) in [6.45, 7) is 6.16. The molecule has 0 radical (unpaired) electrons. The van der Waals surface area contributed by atoms with Crippen LogP contribution in [0.2, 0.25) is 0 Å². The molecule has 3 heteroatoms. The molecule has 0 fully saturated rings. The first-order valence-corrected chi connectivity index (χ1v) is 6.67. The van der Waals surface area contributed by atoms with Crippen LogP contribution in [-0.2, 0) is 6.54 Å². The van der Waals surface area contributed by atoms with Gasteiger partial charge in [0.2, 0.25) is 0 Å². The molecule has 0 spiro atoms. The van der Waals surface area contributed by atoms with E-state index in [1.807, 2.05) is 19.3 Å². The quantitative estimate of drug-likeness (QED) is 0.887. The highest BCUT2D eigenvalue weighted by Gasteiger charge is 2.05. The molecular formula is C16H21N3. The Labute approximate surface area is 115 Å². The number of pyridine rings is 1. The van der Waals surface area contributed by atoms with Gasteiger partial charge >= 0.3 is 0 Å². The van der Waals surface area contributed by atoms with E-state index in [9.17, 15) is 0 Å². The van der Waals surface area contributed by atoms with Crippen molar-refractivity contribution in [1.82, 2.24) is 4.98 Å². The molecule has 0 saturated carbocycles. The molecular weight excluding hydrogens is 234 g/mol. The van der Waals surface area contributed by atoms with Gasteiger partial charge in [-0.05, 0) is 37.6 Å². The summed E-state index contributed by atoms with van der Waals surface area (Å²) < 4.78 is 0. The van der Waals surface area contributed by atoms with E-state index in [-0.39, 0.29) is 0 Å². The van der Waals surface area contributed by atoms with E-state index in [0.29, 0.717) is 0 Å². The fourth-order valence-electron chi connectivity index (χ4n) is 2.03. The Morgan fingerprint density at radius 1 is 1.11 bits per heavy atom. The molecule has 0 saturated heterocycles. The SMILES string of the molecule is CCN(Cc1ccc(NC)nc1)c1ccc(C)cc1. The van der Waals surface area contributed by atoms with Crippen LogP contribution in [0.4, 0.5) is 11.5 Å². The lowest BCUT2D eigenvalue weighted by Crippen LogP contribution is -2.22. The van der Waals surface area contributed by atoms with Crippen LogP contribution in [0.1, 0.15) is 18.1 Å². The Bertz CT molecular complexity index is 503. The van der Waals surface area contributed by atoms with E-state index in [1.165, 1.54) is 16.8 Å². The molecule has 0 aliphatic carbocycles. The number of nitrogens with one attached hydrogen (secondary N) is 1. The summed E-state index contributed by atoms with van der Waals surface area (Å²) in [7, 11) is 1.88. The largest absolute Gasteiger partial charge is 0.373 e. The Balaban J connectivity index is 2.11. The van der Waals surface area contributed by atoms with Crippen LogP contribution in [0, 0.1) is 6.92 Å². The minimum absolute atomic E-state index is 0.885. The molecule has 19 heavy (non-hydrogen) atoms. The van der Waals surface area contributed by atoms with Gasteiger partial charge in [0.05, 0.1) is 0 Å². The van der Waals surface area contributed by atoms with Crippen LogP contribution in [0.25, 0.3) is 0 Å². The maximum atomic E-state index is 4.35. The van der Waals surface area contributed by atoms with E-state index in [1.54, 1.807) is 0 Å². The second kappa shape index (κ2) is 6.23. The van der Waals surface area contributed by atoms with Crippen molar-refractivity contribution >= 4 is 11.5 Å².